The smallest absolute Gasteiger partial charge is 0.230 e. The lowest BCUT2D eigenvalue weighted by molar-refractivity contribution is -0.119. The Morgan fingerprint density at radius 3 is 2.64 bits per heavy atom. The highest BCUT2D eigenvalue weighted by Crippen LogP contribution is 2.31. The maximum absolute atomic E-state index is 12.6. The molecule has 2 aromatic carbocycles. The summed E-state index contributed by atoms with van der Waals surface area (Å²) in [7, 11) is 1.65. The number of hydrogen-bond donors (Lipinski definition) is 1. The molecule has 170 valence electrons. The molecule has 0 fully saturated rings. The van der Waals surface area contributed by atoms with Gasteiger partial charge in [0.05, 0.1) is 24.5 Å². The lowest BCUT2D eigenvalue weighted by atomic mass is 10.1. The van der Waals surface area contributed by atoms with Gasteiger partial charge in [0, 0.05) is 11.4 Å². The van der Waals surface area contributed by atoms with E-state index < -0.39 is 0 Å². The first kappa shape index (κ1) is 23.1. The largest absolute Gasteiger partial charge is 0.496 e. The average molecular weight is 479 g/mol. The predicted octanol–water partition coefficient (Wildman–Crippen LogP) is 5.23. The van der Waals surface area contributed by atoms with Crippen LogP contribution in [0.2, 0.25) is 0 Å². The molecule has 0 aliphatic heterocycles. The minimum absolute atomic E-state index is 0.0156. The first-order valence-electron chi connectivity index (χ1n) is 10.7. The molecule has 8 heteroatoms. The van der Waals surface area contributed by atoms with Crippen LogP contribution in [0.1, 0.15) is 23.4 Å². The minimum Gasteiger partial charge on any atom is -0.496 e. The number of para-hydroxylation sites is 1. The number of ether oxygens (including phenoxy) is 1. The maximum Gasteiger partial charge on any atom is 0.230 e. The van der Waals surface area contributed by atoms with Crippen molar-refractivity contribution in [3.05, 3.63) is 82.6 Å². The molecule has 4 aromatic rings. The number of methoxy groups -OCH3 is 1. The fraction of sp³-hybridized carbons (Fsp3) is 0.240. The number of amides is 1. The van der Waals surface area contributed by atoms with Gasteiger partial charge in [0.1, 0.15) is 5.75 Å². The Morgan fingerprint density at radius 2 is 1.88 bits per heavy atom. The van der Waals surface area contributed by atoms with Gasteiger partial charge in [-0.1, -0.05) is 60.3 Å². The molecule has 0 saturated carbocycles. The number of nitrogens with one attached hydrogen (secondary N) is 1. The van der Waals surface area contributed by atoms with E-state index >= 15 is 0 Å². The van der Waals surface area contributed by atoms with E-state index in [-0.39, 0.29) is 17.7 Å². The van der Waals surface area contributed by atoms with Crippen molar-refractivity contribution in [2.45, 2.75) is 31.1 Å². The number of rotatable bonds is 10. The molecule has 1 unspecified atom stereocenters. The molecule has 0 radical (unpaired) electrons. The number of thioether (sulfide) groups is 1. The van der Waals surface area contributed by atoms with Gasteiger partial charge in [-0.3, -0.25) is 4.79 Å². The van der Waals surface area contributed by atoms with Gasteiger partial charge in [0.15, 0.2) is 11.0 Å². The van der Waals surface area contributed by atoms with Crippen LogP contribution in [0.25, 0.3) is 11.4 Å². The zero-order valence-electron chi connectivity index (χ0n) is 18.6. The van der Waals surface area contributed by atoms with Crippen LogP contribution in [0, 0.1) is 0 Å². The number of nitrogens with zero attached hydrogens (tertiary/aromatic N) is 3. The summed E-state index contributed by atoms with van der Waals surface area (Å²) in [5, 5.41) is 14.7. The Labute approximate surface area is 202 Å². The molecule has 1 amide bonds. The van der Waals surface area contributed by atoms with Crippen LogP contribution in [0.5, 0.6) is 5.75 Å². The van der Waals surface area contributed by atoms with E-state index in [1.54, 1.807) is 18.4 Å². The SMILES string of the molecule is COc1ccccc1-c1nnc(SCC(=O)NC(C)c2cccs2)n1CCc1ccccc1. The maximum atomic E-state index is 12.6. The highest BCUT2D eigenvalue weighted by molar-refractivity contribution is 7.99. The molecule has 33 heavy (non-hydrogen) atoms. The van der Waals surface area contributed by atoms with Gasteiger partial charge in [0.2, 0.25) is 5.91 Å². The van der Waals surface area contributed by atoms with E-state index in [4.69, 9.17) is 4.74 Å². The molecule has 0 spiro atoms. The highest BCUT2D eigenvalue weighted by atomic mass is 32.2. The van der Waals surface area contributed by atoms with Gasteiger partial charge in [-0.2, -0.15) is 0 Å². The van der Waals surface area contributed by atoms with Crippen molar-refractivity contribution in [3.63, 3.8) is 0 Å². The summed E-state index contributed by atoms with van der Waals surface area (Å²) in [5.41, 5.74) is 2.11. The van der Waals surface area contributed by atoms with E-state index in [0.29, 0.717) is 11.7 Å². The van der Waals surface area contributed by atoms with E-state index in [2.05, 4.69) is 32.2 Å². The van der Waals surface area contributed by atoms with Crippen molar-refractivity contribution >= 4 is 29.0 Å². The van der Waals surface area contributed by atoms with Crippen molar-refractivity contribution < 1.29 is 9.53 Å². The van der Waals surface area contributed by atoms with E-state index in [9.17, 15) is 4.79 Å². The summed E-state index contributed by atoms with van der Waals surface area (Å²) < 4.78 is 7.63. The molecule has 0 aliphatic carbocycles. The van der Waals surface area contributed by atoms with Crippen molar-refractivity contribution in [3.8, 4) is 17.1 Å². The Hall–Kier alpha value is -3.10. The van der Waals surface area contributed by atoms with Crippen LogP contribution in [-0.2, 0) is 17.8 Å². The topological polar surface area (TPSA) is 69.0 Å². The number of carbonyl (C=O) groups is 1. The second kappa shape index (κ2) is 11.2. The quantitative estimate of drug-likeness (QED) is 0.316. The standard InChI is InChI=1S/C25H26N4O2S2/c1-18(22-13-8-16-32-22)26-23(30)17-33-25-28-27-24(20-11-6-7-12-21(20)31-2)29(25)15-14-19-9-4-3-5-10-19/h3-13,16,18H,14-15,17H2,1-2H3,(H,26,30). The Balaban J connectivity index is 1.52. The third-order valence-corrected chi connectivity index (χ3v) is 7.23. The van der Waals surface area contributed by atoms with Crippen LogP contribution in [0.3, 0.4) is 0 Å². The number of hydrogen-bond acceptors (Lipinski definition) is 6. The summed E-state index contributed by atoms with van der Waals surface area (Å²) in [6, 6.07) is 22.1. The number of carbonyl (C=O) groups excluding carboxylic acids is 1. The summed E-state index contributed by atoms with van der Waals surface area (Å²) >= 11 is 3.04. The molecule has 2 heterocycles. The molecule has 6 nitrogen and oxygen atoms in total. The third-order valence-electron chi connectivity index (χ3n) is 5.21. The first-order valence-corrected chi connectivity index (χ1v) is 12.6. The van der Waals surface area contributed by atoms with Gasteiger partial charge < -0.3 is 14.6 Å². The lowest BCUT2D eigenvalue weighted by Crippen LogP contribution is -2.27. The molecule has 1 N–H and O–H groups in total. The second-order valence-corrected chi connectivity index (χ2v) is 9.41. The highest BCUT2D eigenvalue weighted by Gasteiger charge is 2.19. The number of benzene rings is 2. The Bertz CT molecular complexity index is 1180. The molecule has 2 aromatic heterocycles. The summed E-state index contributed by atoms with van der Waals surface area (Å²) in [4.78, 5) is 13.7. The van der Waals surface area contributed by atoms with E-state index in [1.807, 2.05) is 66.9 Å². The van der Waals surface area contributed by atoms with E-state index in [1.165, 1.54) is 17.3 Å². The average Bonchev–Trinajstić information content (AvgIpc) is 3.52. The molecule has 0 aliphatic rings. The molecule has 4 rings (SSSR count). The number of aryl methyl sites for hydroxylation is 1. The van der Waals surface area contributed by atoms with Gasteiger partial charge >= 0.3 is 0 Å². The molecular weight excluding hydrogens is 452 g/mol. The van der Waals surface area contributed by atoms with Crippen LogP contribution in [0.15, 0.2) is 77.3 Å². The van der Waals surface area contributed by atoms with Crippen molar-refractivity contribution in [2.24, 2.45) is 0 Å². The number of thiophene rings is 1. The van der Waals surface area contributed by atoms with Crippen LogP contribution < -0.4 is 10.1 Å². The van der Waals surface area contributed by atoms with Crippen molar-refractivity contribution in [1.82, 2.24) is 20.1 Å². The Kier molecular flexibility index (Phi) is 7.80. The van der Waals surface area contributed by atoms with Crippen molar-refractivity contribution in [1.29, 1.82) is 0 Å². The molecule has 0 bridgehead atoms. The predicted molar refractivity (Wildman–Crippen MR) is 134 cm³/mol. The summed E-state index contributed by atoms with van der Waals surface area (Å²) in [6.07, 6.45) is 0.830. The summed E-state index contributed by atoms with van der Waals surface area (Å²) in [5.74, 6) is 1.71. The van der Waals surface area contributed by atoms with Crippen molar-refractivity contribution in [2.75, 3.05) is 12.9 Å². The van der Waals surface area contributed by atoms with E-state index in [0.717, 1.165) is 28.4 Å². The van der Waals surface area contributed by atoms with Gasteiger partial charge in [-0.05, 0) is 42.5 Å². The van der Waals surface area contributed by atoms with Crippen LogP contribution in [0.4, 0.5) is 0 Å². The number of aromatic nitrogens is 3. The van der Waals surface area contributed by atoms with Crippen LogP contribution >= 0.6 is 23.1 Å². The summed E-state index contributed by atoms with van der Waals surface area (Å²) in [6.45, 7) is 2.69. The monoisotopic (exact) mass is 478 g/mol. The Morgan fingerprint density at radius 1 is 1.09 bits per heavy atom. The van der Waals surface area contributed by atoms with Gasteiger partial charge in [-0.25, -0.2) is 0 Å². The molecule has 0 saturated heterocycles. The zero-order chi connectivity index (χ0) is 23.0. The van der Waals surface area contributed by atoms with Gasteiger partial charge in [-0.15, -0.1) is 21.5 Å². The fourth-order valence-corrected chi connectivity index (χ4v) is 5.04. The zero-order valence-corrected chi connectivity index (χ0v) is 20.2. The second-order valence-electron chi connectivity index (χ2n) is 7.49. The molecular formula is C25H26N4O2S2. The third kappa shape index (κ3) is 5.83. The molecule has 1 atom stereocenters. The van der Waals surface area contributed by atoms with Crippen LogP contribution in [-0.4, -0.2) is 33.5 Å². The lowest BCUT2D eigenvalue weighted by Gasteiger charge is -2.14. The van der Waals surface area contributed by atoms with Gasteiger partial charge in [0.25, 0.3) is 0 Å². The normalized spacial score (nSPS) is 11.8. The fourth-order valence-electron chi connectivity index (χ4n) is 3.53. The first-order chi connectivity index (χ1) is 16.2. The minimum atomic E-state index is -0.0302.